The van der Waals surface area contributed by atoms with Crippen LogP contribution in [0.4, 0.5) is 0 Å². The van der Waals surface area contributed by atoms with Crippen LogP contribution in [0.3, 0.4) is 0 Å². The molecule has 0 saturated carbocycles. The average molecular weight is 430 g/mol. The number of hydrogen-bond donors (Lipinski definition) is 0. The second-order valence-corrected chi connectivity index (χ2v) is 7.71. The molecule has 0 spiro atoms. The summed E-state index contributed by atoms with van der Waals surface area (Å²) < 4.78 is 11.1. The number of unbranched alkanes of at least 4 members (excludes halogenated alkanes) is 6. The fourth-order valence-electron chi connectivity index (χ4n) is 3.72. The highest BCUT2D eigenvalue weighted by atomic mass is 16.6. The van der Waals surface area contributed by atoms with Crippen molar-refractivity contribution in [2.24, 2.45) is 5.16 Å². The van der Waals surface area contributed by atoms with Crippen molar-refractivity contribution in [3.63, 3.8) is 0 Å². The van der Waals surface area contributed by atoms with Gasteiger partial charge in [0.05, 0.1) is 31.1 Å². The summed E-state index contributed by atoms with van der Waals surface area (Å²) in [5.74, 6) is 0.136. The maximum Gasteiger partial charge on any atom is 0.190 e. The third-order valence-corrected chi connectivity index (χ3v) is 5.34. The third-order valence-electron chi connectivity index (χ3n) is 5.34. The largest absolute Gasteiger partial charge is 0.496 e. The molecule has 170 valence electrons. The molecule has 6 nitrogen and oxygen atoms in total. The highest BCUT2D eigenvalue weighted by Gasteiger charge is 2.31. The van der Waals surface area contributed by atoms with Crippen LogP contribution in [0.1, 0.15) is 97.9 Å². The van der Waals surface area contributed by atoms with Crippen molar-refractivity contribution in [3.8, 4) is 11.5 Å². The Bertz CT molecular complexity index is 826. The first-order chi connectivity index (χ1) is 15.1. The van der Waals surface area contributed by atoms with E-state index in [4.69, 9.17) is 14.3 Å². The Morgan fingerprint density at radius 2 is 1.48 bits per heavy atom. The van der Waals surface area contributed by atoms with Crippen molar-refractivity contribution in [2.45, 2.75) is 71.6 Å². The van der Waals surface area contributed by atoms with Crippen LogP contribution in [0.5, 0.6) is 11.5 Å². The Hall–Kier alpha value is -2.63. The van der Waals surface area contributed by atoms with Gasteiger partial charge in [0.25, 0.3) is 0 Å². The number of methoxy groups -OCH3 is 2. The van der Waals surface area contributed by atoms with E-state index in [0.717, 1.165) is 19.3 Å². The van der Waals surface area contributed by atoms with E-state index in [2.05, 4.69) is 12.1 Å². The molecule has 0 saturated heterocycles. The number of rotatable bonds is 14. The molecule has 2 rings (SSSR count). The van der Waals surface area contributed by atoms with E-state index in [-0.39, 0.29) is 22.7 Å². The first kappa shape index (κ1) is 24.6. The Morgan fingerprint density at radius 1 is 0.839 bits per heavy atom. The SMILES string of the molecule is CCCCCCCCC/C(=N/OCCC)c1cc(OC)c2c(c1OC)C(=O)C=CC2=O. The molecule has 0 fully saturated rings. The maximum absolute atomic E-state index is 12.7. The summed E-state index contributed by atoms with van der Waals surface area (Å²) in [5.41, 5.74) is 1.80. The normalized spacial score (nSPS) is 13.4. The lowest BCUT2D eigenvalue weighted by atomic mass is 9.88. The molecular weight excluding hydrogens is 394 g/mol. The summed E-state index contributed by atoms with van der Waals surface area (Å²) in [6, 6.07) is 1.73. The van der Waals surface area contributed by atoms with E-state index < -0.39 is 0 Å². The number of carbonyl (C=O) groups excluding carboxylic acids is 2. The van der Waals surface area contributed by atoms with Crippen molar-refractivity contribution >= 4 is 17.3 Å². The van der Waals surface area contributed by atoms with Gasteiger partial charge in [0.15, 0.2) is 11.6 Å². The molecule has 0 aliphatic heterocycles. The molecule has 0 aromatic heterocycles. The first-order valence-electron chi connectivity index (χ1n) is 11.3. The number of oxime groups is 1. The topological polar surface area (TPSA) is 74.2 Å². The Morgan fingerprint density at radius 3 is 2.10 bits per heavy atom. The average Bonchev–Trinajstić information content (AvgIpc) is 2.78. The van der Waals surface area contributed by atoms with Crippen LogP contribution in [-0.2, 0) is 4.84 Å². The zero-order valence-corrected chi connectivity index (χ0v) is 19.3. The van der Waals surface area contributed by atoms with Gasteiger partial charge >= 0.3 is 0 Å². The van der Waals surface area contributed by atoms with Crippen molar-refractivity contribution in [1.29, 1.82) is 0 Å². The summed E-state index contributed by atoms with van der Waals surface area (Å²) >= 11 is 0. The summed E-state index contributed by atoms with van der Waals surface area (Å²) in [6.45, 7) is 4.74. The number of ketones is 2. The molecule has 0 unspecified atom stereocenters. The Kier molecular flexibility index (Phi) is 10.3. The van der Waals surface area contributed by atoms with Gasteiger partial charge in [-0.25, -0.2) is 0 Å². The maximum atomic E-state index is 12.7. The quantitative estimate of drug-likeness (QED) is 0.209. The van der Waals surface area contributed by atoms with E-state index in [0.29, 0.717) is 35.8 Å². The summed E-state index contributed by atoms with van der Waals surface area (Å²) in [4.78, 5) is 30.6. The molecule has 0 radical (unpaired) electrons. The van der Waals surface area contributed by atoms with E-state index in [9.17, 15) is 9.59 Å². The molecule has 0 amide bonds. The molecule has 1 aromatic rings. The number of hydrogen-bond acceptors (Lipinski definition) is 6. The summed E-state index contributed by atoms with van der Waals surface area (Å²) in [7, 11) is 2.99. The number of carbonyl (C=O) groups is 2. The third kappa shape index (κ3) is 6.42. The Balaban J connectivity index is 2.34. The molecule has 0 atom stereocenters. The summed E-state index contributed by atoms with van der Waals surface area (Å²) in [6.07, 6.45) is 12.4. The van der Waals surface area contributed by atoms with Crippen molar-refractivity contribution in [2.75, 3.05) is 20.8 Å². The fourth-order valence-corrected chi connectivity index (χ4v) is 3.72. The van der Waals surface area contributed by atoms with E-state index in [1.165, 1.54) is 58.5 Å². The Labute approximate surface area is 185 Å². The molecule has 0 N–H and O–H groups in total. The van der Waals surface area contributed by atoms with Crippen LogP contribution in [0.2, 0.25) is 0 Å². The van der Waals surface area contributed by atoms with Crippen molar-refractivity contribution < 1.29 is 23.9 Å². The van der Waals surface area contributed by atoms with Crippen LogP contribution in [0, 0.1) is 0 Å². The number of ether oxygens (including phenoxy) is 2. The smallest absolute Gasteiger partial charge is 0.190 e. The highest BCUT2D eigenvalue weighted by molar-refractivity contribution is 6.25. The van der Waals surface area contributed by atoms with E-state index in [1.807, 2.05) is 6.92 Å². The highest BCUT2D eigenvalue weighted by Crippen LogP contribution is 2.38. The number of allylic oxidation sites excluding steroid dienone is 2. The zero-order valence-electron chi connectivity index (χ0n) is 19.3. The lowest BCUT2D eigenvalue weighted by Crippen LogP contribution is -2.18. The second kappa shape index (κ2) is 12.9. The summed E-state index contributed by atoms with van der Waals surface area (Å²) in [5, 5.41) is 4.37. The van der Waals surface area contributed by atoms with Crippen LogP contribution >= 0.6 is 0 Å². The number of fused-ring (bicyclic) bond motifs is 1. The van der Waals surface area contributed by atoms with E-state index >= 15 is 0 Å². The standard InChI is InChI=1S/C25H35NO5/c1-5-7-8-9-10-11-12-13-19(26-31-16-6-2)18-17-22(29-3)23-20(27)14-15-21(28)24(23)25(18)30-4/h14-15,17H,5-13,16H2,1-4H3/b26-19-. The molecule has 0 bridgehead atoms. The van der Waals surface area contributed by atoms with Gasteiger partial charge in [-0.1, -0.05) is 57.5 Å². The minimum atomic E-state index is -0.281. The lowest BCUT2D eigenvalue weighted by molar-refractivity contribution is 0.0989. The molecule has 1 aromatic carbocycles. The number of nitrogens with zero attached hydrogens (tertiary/aromatic N) is 1. The molecule has 1 aliphatic rings. The lowest BCUT2D eigenvalue weighted by Gasteiger charge is -2.20. The van der Waals surface area contributed by atoms with Gasteiger partial charge in [0, 0.05) is 5.56 Å². The minimum Gasteiger partial charge on any atom is -0.496 e. The van der Waals surface area contributed by atoms with Gasteiger partial charge in [-0.05, 0) is 37.5 Å². The van der Waals surface area contributed by atoms with Gasteiger partial charge < -0.3 is 14.3 Å². The van der Waals surface area contributed by atoms with Gasteiger partial charge in [-0.2, -0.15) is 0 Å². The zero-order chi connectivity index (χ0) is 22.6. The van der Waals surface area contributed by atoms with Crippen molar-refractivity contribution in [1.82, 2.24) is 0 Å². The molecule has 1 aliphatic carbocycles. The van der Waals surface area contributed by atoms with Crippen LogP contribution in [0.15, 0.2) is 23.4 Å². The molecule has 6 heteroatoms. The molecular formula is C25H35NO5. The van der Waals surface area contributed by atoms with Gasteiger partial charge in [-0.15, -0.1) is 0 Å². The predicted molar refractivity (Wildman–Crippen MR) is 123 cm³/mol. The predicted octanol–water partition coefficient (Wildman–Crippen LogP) is 5.91. The van der Waals surface area contributed by atoms with Gasteiger partial charge in [-0.3, -0.25) is 9.59 Å². The fraction of sp³-hybridized carbons (Fsp3) is 0.560. The minimum absolute atomic E-state index is 0.229. The first-order valence-corrected chi connectivity index (χ1v) is 11.3. The van der Waals surface area contributed by atoms with Crippen LogP contribution in [-0.4, -0.2) is 38.1 Å². The monoisotopic (exact) mass is 429 g/mol. The van der Waals surface area contributed by atoms with Gasteiger partial charge in [0.1, 0.15) is 18.1 Å². The second-order valence-electron chi connectivity index (χ2n) is 7.71. The molecule has 0 heterocycles. The number of benzene rings is 1. The van der Waals surface area contributed by atoms with Gasteiger partial charge in [0.2, 0.25) is 0 Å². The van der Waals surface area contributed by atoms with Crippen LogP contribution < -0.4 is 9.47 Å². The van der Waals surface area contributed by atoms with Crippen molar-refractivity contribution in [3.05, 3.63) is 34.9 Å². The van der Waals surface area contributed by atoms with Crippen LogP contribution in [0.25, 0.3) is 0 Å². The van der Waals surface area contributed by atoms with E-state index in [1.54, 1.807) is 6.07 Å². The molecule has 31 heavy (non-hydrogen) atoms.